The lowest BCUT2D eigenvalue weighted by Gasteiger charge is -2.32. The van der Waals surface area contributed by atoms with Crippen molar-refractivity contribution in [2.24, 2.45) is 5.92 Å². The predicted octanol–water partition coefficient (Wildman–Crippen LogP) is 3.15. The van der Waals surface area contributed by atoms with Crippen LogP contribution in [0.2, 0.25) is 0 Å². The number of nitrogens with one attached hydrogen (secondary N) is 1. The Hall–Kier alpha value is -2.70. The normalized spacial score (nSPS) is 17.0. The number of methoxy groups -OCH3 is 1. The highest BCUT2D eigenvalue weighted by molar-refractivity contribution is 5.92. The number of carbonyl (C=O) groups excluding carboxylic acids is 1. The highest BCUT2D eigenvalue weighted by atomic mass is 19.2. The quantitative estimate of drug-likeness (QED) is 0.872. The predicted molar refractivity (Wildman–Crippen MR) is 96.9 cm³/mol. The van der Waals surface area contributed by atoms with E-state index in [0.29, 0.717) is 19.5 Å². The first kappa shape index (κ1) is 19.1. The molecule has 1 aliphatic heterocycles. The van der Waals surface area contributed by atoms with Crippen LogP contribution in [0, 0.1) is 17.6 Å². The molecule has 3 rings (SSSR count). The van der Waals surface area contributed by atoms with Gasteiger partial charge in [0.15, 0.2) is 17.4 Å². The van der Waals surface area contributed by atoms with E-state index >= 15 is 0 Å². The molecule has 0 aliphatic carbocycles. The molecule has 7 heteroatoms. The van der Waals surface area contributed by atoms with Crippen molar-refractivity contribution in [2.75, 3.05) is 20.2 Å². The number of amides is 1. The van der Waals surface area contributed by atoms with Gasteiger partial charge in [-0.15, -0.1) is 0 Å². The van der Waals surface area contributed by atoms with Gasteiger partial charge in [0.2, 0.25) is 5.43 Å². The number of likely N-dealkylation sites (tertiary alicyclic amines) is 1. The summed E-state index contributed by atoms with van der Waals surface area (Å²) in [4.78, 5) is 29.1. The highest BCUT2D eigenvalue weighted by Crippen LogP contribution is 2.23. The molecule has 2 heterocycles. The molecule has 1 fully saturated rings. The van der Waals surface area contributed by atoms with E-state index in [1.165, 1.54) is 25.4 Å². The van der Waals surface area contributed by atoms with Crippen LogP contribution in [0.1, 0.15) is 35.3 Å². The van der Waals surface area contributed by atoms with Crippen molar-refractivity contribution >= 4 is 5.91 Å². The number of benzene rings is 1. The van der Waals surface area contributed by atoms with Gasteiger partial charge in [-0.3, -0.25) is 9.59 Å². The summed E-state index contributed by atoms with van der Waals surface area (Å²) in [6.07, 6.45) is 4.65. The Balaban J connectivity index is 1.61. The number of aromatic amines is 1. The number of halogens is 2. The third-order valence-electron chi connectivity index (χ3n) is 4.96. The smallest absolute Gasteiger partial charge is 0.270 e. The molecule has 0 unspecified atom stereocenters. The standard InChI is InChI=1S/C20H22F2N2O3/c1-27-19-11-23-17(10-18(19)25)20(26)24-8-2-3-14(12-24)5-4-13-6-7-15(21)16(22)9-13/h6-7,9-11,14H,2-5,8,12H2,1H3,(H,23,25)/t14-/m1/s1. The van der Waals surface area contributed by atoms with Gasteiger partial charge in [-0.25, -0.2) is 8.78 Å². The van der Waals surface area contributed by atoms with Gasteiger partial charge in [0.25, 0.3) is 5.91 Å². The Kier molecular flexibility index (Phi) is 5.88. The van der Waals surface area contributed by atoms with E-state index < -0.39 is 11.6 Å². The van der Waals surface area contributed by atoms with Gasteiger partial charge >= 0.3 is 0 Å². The van der Waals surface area contributed by atoms with Crippen molar-refractivity contribution in [3.63, 3.8) is 0 Å². The number of rotatable bonds is 5. The van der Waals surface area contributed by atoms with E-state index in [1.54, 1.807) is 11.0 Å². The number of piperidine rings is 1. The van der Waals surface area contributed by atoms with Crippen molar-refractivity contribution in [3.8, 4) is 5.75 Å². The van der Waals surface area contributed by atoms with Crippen LogP contribution in [0.15, 0.2) is 35.3 Å². The van der Waals surface area contributed by atoms with Crippen molar-refractivity contribution in [2.45, 2.75) is 25.7 Å². The van der Waals surface area contributed by atoms with Gasteiger partial charge in [-0.05, 0) is 49.3 Å². The van der Waals surface area contributed by atoms with Gasteiger partial charge < -0.3 is 14.6 Å². The molecule has 1 saturated heterocycles. The van der Waals surface area contributed by atoms with Crippen LogP contribution < -0.4 is 10.2 Å². The van der Waals surface area contributed by atoms with Crippen LogP contribution in [0.3, 0.4) is 0 Å². The van der Waals surface area contributed by atoms with E-state index in [0.717, 1.165) is 30.9 Å². The third-order valence-corrected chi connectivity index (χ3v) is 4.96. The van der Waals surface area contributed by atoms with E-state index in [4.69, 9.17) is 4.74 Å². The average Bonchev–Trinajstić information content (AvgIpc) is 2.68. The van der Waals surface area contributed by atoms with Crippen LogP contribution in [0.5, 0.6) is 5.75 Å². The molecule has 0 spiro atoms. The molecule has 144 valence electrons. The van der Waals surface area contributed by atoms with Crippen LogP contribution in [0.4, 0.5) is 8.78 Å². The van der Waals surface area contributed by atoms with Gasteiger partial charge in [-0.2, -0.15) is 0 Å². The van der Waals surface area contributed by atoms with Gasteiger partial charge in [0.05, 0.1) is 7.11 Å². The minimum Gasteiger partial charge on any atom is -0.491 e. The van der Waals surface area contributed by atoms with Crippen LogP contribution in [-0.2, 0) is 6.42 Å². The van der Waals surface area contributed by atoms with Crippen molar-refractivity contribution in [1.29, 1.82) is 0 Å². The molecule has 1 aromatic heterocycles. The third kappa shape index (κ3) is 4.53. The SMILES string of the molecule is COc1c[nH]c(C(=O)N2CCC[C@H](CCc3ccc(F)c(F)c3)C2)cc1=O. The maximum atomic E-state index is 13.3. The Bertz CT molecular complexity index is 882. The summed E-state index contributed by atoms with van der Waals surface area (Å²) in [7, 11) is 1.40. The van der Waals surface area contributed by atoms with Gasteiger partial charge in [0, 0.05) is 25.4 Å². The topological polar surface area (TPSA) is 62.4 Å². The Morgan fingerprint density at radius 2 is 2.11 bits per heavy atom. The summed E-state index contributed by atoms with van der Waals surface area (Å²) in [6, 6.07) is 5.21. The van der Waals surface area contributed by atoms with Crippen LogP contribution >= 0.6 is 0 Å². The molecular formula is C20H22F2N2O3. The van der Waals surface area contributed by atoms with E-state index in [9.17, 15) is 18.4 Å². The zero-order chi connectivity index (χ0) is 19.4. The summed E-state index contributed by atoms with van der Waals surface area (Å²) in [5.41, 5.74) is 0.644. The molecule has 27 heavy (non-hydrogen) atoms. The molecule has 1 amide bonds. The zero-order valence-corrected chi connectivity index (χ0v) is 15.1. The molecule has 0 bridgehead atoms. The number of aromatic nitrogens is 1. The number of nitrogens with zero attached hydrogens (tertiary/aromatic N) is 1. The first-order chi connectivity index (χ1) is 13.0. The number of H-pyrrole nitrogens is 1. The maximum absolute atomic E-state index is 13.3. The minimum absolute atomic E-state index is 0.162. The summed E-state index contributed by atoms with van der Waals surface area (Å²) >= 11 is 0. The second kappa shape index (κ2) is 8.33. The lowest BCUT2D eigenvalue weighted by molar-refractivity contribution is 0.0662. The van der Waals surface area contributed by atoms with Crippen molar-refractivity contribution in [1.82, 2.24) is 9.88 Å². The second-order valence-electron chi connectivity index (χ2n) is 6.83. The lowest BCUT2D eigenvalue weighted by atomic mass is 9.91. The number of ether oxygens (including phenoxy) is 1. The van der Waals surface area contributed by atoms with Crippen molar-refractivity contribution in [3.05, 3.63) is 63.6 Å². The number of aryl methyl sites for hydroxylation is 1. The molecule has 1 aliphatic rings. The fourth-order valence-corrected chi connectivity index (χ4v) is 3.46. The maximum Gasteiger partial charge on any atom is 0.270 e. The summed E-state index contributed by atoms with van der Waals surface area (Å²) in [5.74, 6) is -1.46. The minimum atomic E-state index is -0.846. The number of hydrogen-bond donors (Lipinski definition) is 1. The van der Waals surface area contributed by atoms with Gasteiger partial charge in [-0.1, -0.05) is 6.07 Å². The first-order valence-electron chi connectivity index (χ1n) is 8.98. The van der Waals surface area contributed by atoms with Crippen molar-refractivity contribution < 1.29 is 18.3 Å². The van der Waals surface area contributed by atoms with E-state index in [-0.39, 0.29) is 28.7 Å². The summed E-state index contributed by atoms with van der Waals surface area (Å²) in [5, 5.41) is 0. The number of hydrogen-bond acceptors (Lipinski definition) is 3. The second-order valence-corrected chi connectivity index (χ2v) is 6.83. The molecule has 0 radical (unpaired) electrons. The first-order valence-corrected chi connectivity index (χ1v) is 8.98. The summed E-state index contributed by atoms with van der Waals surface area (Å²) < 4.78 is 31.3. The summed E-state index contributed by atoms with van der Waals surface area (Å²) in [6.45, 7) is 1.21. The molecule has 1 atom stereocenters. The van der Waals surface area contributed by atoms with E-state index in [2.05, 4.69) is 4.98 Å². The monoisotopic (exact) mass is 376 g/mol. The number of pyridine rings is 1. The fraction of sp³-hybridized carbons (Fsp3) is 0.400. The molecule has 0 saturated carbocycles. The average molecular weight is 376 g/mol. The molecule has 5 nitrogen and oxygen atoms in total. The lowest BCUT2D eigenvalue weighted by Crippen LogP contribution is -2.40. The Labute approximate surface area is 156 Å². The van der Waals surface area contributed by atoms with Gasteiger partial charge in [0.1, 0.15) is 5.69 Å². The van der Waals surface area contributed by atoms with Crippen LogP contribution in [-0.4, -0.2) is 36.0 Å². The Morgan fingerprint density at radius 3 is 2.81 bits per heavy atom. The molecule has 1 aromatic carbocycles. The molecule has 1 N–H and O–H groups in total. The zero-order valence-electron chi connectivity index (χ0n) is 15.1. The van der Waals surface area contributed by atoms with E-state index in [1.807, 2.05) is 0 Å². The highest BCUT2D eigenvalue weighted by Gasteiger charge is 2.25. The molecular weight excluding hydrogens is 354 g/mol. The molecule has 2 aromatic rings. The number of carbonyl (C=O) groups is 1. The Morgan fingerprint density at radius 1 is 1.30 bits per heavy atom. The largest absolute Gasteiger partial charge is 0.491 e. The van der Waals surface area contributed by atoms with Crippen LogP contribution in [0.25, 0.3) is 0 Å². The fourth-order valence-electron chi connectivity index (χ4n) is 3.46.